The second-order valence-corrected chi connectivity index (χ2v) is 3.91. The number of benzene rings is 1. The van der Waals surface area contributed by atoms with Crippen LogP contribution in [0, 0.1) is 0 Å². The first-order valence-corrected chi connectivity index (χ1v) is 5.15. The van der Waals surface area contributed by atoms with Gasteiger partial charge in [0.15, 0.2) is 0 Å². The second kappa shape index (κ2) is 5.39. The van der Waals surface area contributed by atoms with Crippen molar-refractivity contribution in [3.63, 3.8) is 0 Å². The molecule has 0 spiro atoms. The number of hydrogen-bond donors (Lipinski definition) is 1. The maximum atomic E-state index is 10.5. The number of anilines is 1. The summed E-state index contributed by atoms with van der Waals surface area (Å²) in [6.45, 7) is 1.74. The van der Waals surface area contributed by atoms with E-state index in [0.717, 1.165) is 5.69 Å². The van der Waals surface area contributed by atoms with E-state index in [-0.39, 0.29) is 12.5 Å². The smallest absolute Gasteiger partial charge is 0.307 e. The van der Waals surface area contributed by atoms with Crippen LogP contribution in [0.4, 0.5) is 5.69 Å². The summed E-state index contributed by atoms with van der Waals surface area (Å²) < 4.78 is 5.46. The van der Waals surface area contributed by atoms with E-state index in [1.165, 1.54) is 0 Å². The number of nitrogens with zero attached hydrogens (tertiary/aromatic N) is 1. The van der Waals surface area contributed by atoms with Gasteiger partial charge in [-0.3, -0.25) is 4.79 Å². The van der Waals surface area contributed by atoms with E-state index in [9.17, 15) is 4.79 Å². The first-order valence-electron chi connectivity index (χ1n) is 5.15. The summed E-state index contributed by atoms with van der Waals surface area (Å²) in [7, 11) is 3.92. The zero-order valence-electron chi connectivity index (χ0n) is 9.80. The molecule has 1 aromatic rings. The maximum Gasteiger partial charge on any atom is 0.307 e. The van der Waals surface area contributed by atoms with E-state index >= 15 is 0 Å². The lowest BCUT2D eigenvalue weighted by atomic mass is 10.2. The highest BCUT2D eigenvalue weighted by atomic mass is 16.5. The van der Waals surface area contributed by atoms with Crippen LogP contribution in [0.2, 0.25) is 0 Å². The van der Waals surface area contributed by atoms with Gasteiger partial charge < -0.3 is 14.7 Å². The fourth-order valence-corrected chi connectivity index (χ4v) is 1.34. The fraction of sp³-hybridized carbons (Fsp3) is 0.417. The van der Waals surface area contributed by atoms with Crippen LogP contribution >= 0.6 is 0 Å². The summed E-state index contributed by atoms with van der Waals surface area (Å²) >= 11 is 0. The van der Waals surface area contributed by atoms with Gasteiger partial charge in [0.1, 0.15) is 11.9 Å². The Kier molecular flexibility index (Phi) is 4.17. The first kappa shape index (κ1) is 12.4. The van der Waals surface area contributed by atoms with Crippen LogP contribution in [0.15, 0.2) is 24.3 Å². The summed E-state index contributed by atoms with van der Waals surface area (Å²) in [6, 6.07) is 7.55. The topological polar surface area (TPSA) is 49.8 Å². The molecule has 0 amide bonds. The van der Waals surface area contributed by atoms with Crippen molar-refractivity contribution in [2.24, 2.45) is 0 Å². The van der Waals surface area contributed by atoms with Crippen molar-refractivity contribution < 1.29 is 14.6 Å². The molecule has 0 heterocycles. The van der Waals surface area contributed by atoms with E-state index in [4.69, 9.17) is 9.84 Å². The summed E-state index contributed by atoms with van der Waals surface area (Å²) in [5.41, 5.74) is 1.08. The fourth-order valence-electron chi connectivity index (χ4n) is 1.34. The second-order valence-electron chi connectivity index (χ2n) is 3.91. The van der Waals surface area contributed by atoms with Crippen molar-refractivity contribution in [3.8, 4) is 5.75 Å². The Hall–Kier alpha value is -1.71. The van der Waals surface area contributed by atoms with E-state index in [0.29, 0.717) is 5.75 Å². The van der Waals surface area contributed by atoms with Crippen molar-refractivity contribution in [1.82, 2.24) is 0 Å². The third-order valence-corrected chi connectivity index (χ3v) is 2.15. The predicted molar refractivity (Wildman–Crippen MR) is 63.1 cm³/mol. The van der Waals surface area contributed by atoms with Gasteiger partial charge in [-0.2, -0.15) is 0 Å². The minimum atomic E-state index is -0.850. The minimum Gasteiger partial charge on any atom is -0.490 e. The summed E-state index contributed by atoms with van der Waals surface area (Å²) in [4.78, 5) is 12.4. The maximum absolute atomic E-state index is 10.5. The van der Waals surface area contributed by atoms with Gasteiger partial charge in [-0.15, -0.1) is 0 Å². The van der Waals surface area contributed by atoms with E-state index in [2.05, 4.69) is 0 Å². The molecule has 16 heavy (non-hydrogen) atoms. The van der Waals surface area contributed by atoms with Crippen LogP contribution in [0.5, 0.6) is 5.75 Å². The van der Waals surface area contributed by atoms with Gasteiger partial charge in [0.2, 0.25) is 0 Å². The van der Waals surface area contributed by atoms with Crippen LogP contribution in [-0.2, 0) is 4.79 Å². The first-order chi connectivity index (χ1) is 7.49. The standard InChI is InChI=1S/C12H17NO3/c1-9(8-12(14)15)16-11-6-4-10(5-7-11)13(2)3/h4-7,9H,8H2,1-3H3,(H,14,15). The van der Waals surface area contributed by atoms with Crippen LogP contribution in [-0.4, -0.2) is 31.3 Å². The average molecular weight is 223 g/mol. The van der Waals surface area contributed by atoms with E-state index in [1.54, 1.807) is 6.92 Å². The lowest BCUT2D eigenvalue weighted by molar-refractivity contribution is -0.138. The van der Waals surface area contributed by atoms with Gasteiger partial charge in [-0.25, -0.2) is 0 Å². The number of carbonyl (C=O) groups is 1. The molecule has 88 valence electrons. The highest BCUT2D eigenvalue weighted by molar-refractivity contribution is 5.67. The van der Waals surface area contributed by atoms with Gasteiger partial charge in [0.25, 0.3) is 0 Å². The summed E-state index contributed by atoms with van der Waals surface area (Å²) in [6.07, 6.45) is -0.308. The van der Waals surface area contributed by atoms with Crippen molar-refractivity contribution in [3.05, 3.63) is 24.3 Å². The number of rotatable bonds is 5. The molecule has 0 radical (unpaired) electrons. The lowest BCUT2D eigenvalue weighted by Crippen LogP contribution is -2.16. The number of ether oxygens (including phenoxy) is 1. The molecule has 0 saturated heterocycles. The van der Waals surface area contributed by atoms with Gasteiger partial charge in [0, 0.05) is 19.8 Å². The van der Waals surface area contributed by atoms with Crippen LogP contribution < -0.4 is 9.64 Å². The molecule has 1 aromatic carbocycles. The molecule has 0 aliphatic carbocycles. The lowest BCUT2D eigenvalue weighted by Gasteiger charge is -2.15. The van der Waals surface area contributed by atoms with Crippen molar-refractivity contribution in [2.45, 2.75) is 19.4 Å². The largest absolute Gasteiger partial charge is 0.490 e. The van der Waals surface area contributed by atoms with E-state index in [1.807, 2.05) is 43.3 Å². The van der Waals surface area contributed by atoms with Crippen molar-refractivity contribution >= 4 is 11.7 Å². The number of carboxylic acid groups (broad SMARTS) is 1. The molecule has 1 N–H and O–H groups in total. The third-order valence-electron chi connectivity index (χ3n) is 2.15. The zero-order chi connectivity index (χ0) is 12.1. The number of carboxylic acids is 1. The molecule has 0 aromatic heterocycles. The monoisotopic (exact) mass is 223 g/mol. The highest BCUT2D eigenvalue weighted by Gasteiger charge is 2.08. The molecular weight excluding hydrogens is 206 g/mol. The normalized spacial score (nSPS) is 11.9. The molecule has 1 atom stereocenters. The molecule has 1 rings (SSSR count). The average Bonchev–Trinajstić information content (AvgIpc) is 2.16. The molecule has 4 nitrogen and oxygen atoms in total. The molecular formula is C12H17NO3. The third kappa shape index (κ3) is 3.81. The SMILES string of the molecule is CC(CC(=O)O)Oc1ccc(N(C)C)cc1. The van der Waals surface area contributed by atoms with Crippen LogP contribution in [0.1, 0.15) is 13.3 Å². The van der Waals surface area contributed by atoms with Crippen molar-refractivity contribution in [2.75, 3.05) is 19.0 Å². The van der Waals surface area contributed by atoms with Crippen LogP contribution in [0.25, 0.3) is 0 Å². The summed E-state index contributed by atoms with van der Waals surface area (Å²) in [5.74, 6) is -0.156. The Balaban J connectivity index is 2.58. The van der Waals surface area contributed by atoms with Gasteiger partial charge in [-0.05, 0) is 31.2 Å². The quantitative estimate of drug-likeness (QED) is 0.829. The van der Waals surface area contributed by atoms with Gasteiger partial charge >= 0.3 is 5.97 Å². The number of aliphatic carboxylic acids is 1. The van der Waals surface area contributed by atoms with E-state index < -0.39 is 5.97 Å². The Bertz CT molecular complexity index is 346. The molecule has 4 heteroatoms. The molecule has 0 fully saturated rings. The minimum absolute atomic E-state index is 0.00936. The molecule has 0 saturated carbocycles. The molecule has 1 unspecified atom stereocenters. The predicted octanol–water partition coefficient (Wildman–Crippen LogP) is 1.99. The molecule has 0 aliphatic heterocycles. The highest BCUT2D eigenvalue weighted by Crippen LogP contribution is 2.19. The van der Waals surface area contributed by atoms with Gasteiger partial charge in [0.05, 0.1) is 6.42 Å². The number of hydrogen-bond acceptors (Lipinski definition) is 3. The Labute approximate surface area is 95.5 Å². The van der Waals surface area contributed by atoms with Crippen LogP contribution in [0.3, 0.4) is 0 Å². The zero-order valence-corrected chi connectivity index (χ0v) is 9.80. The Morgan fingerprint density at radius 1 is 1.38 bits per heavy atom. The Morgan fingerprint density at radius 2 is 1.94 bits per heavy atom. The molecule has 0 aliphatic rings. The van der Waals surface area contributed by atoms with Gasteiger partial charge in [-0.1, -0.05) is 0 Å². The molecule has 0 bridgehead atoms. The van der Waals surface area contributed by atoms with Crippen molar-refractivity contribution in [1.29, 1.82) is 0 Å². The Morgan fingerprint density at radius 3 is 2.38 bits per heavy atom. The summed E-state index contributed by atoms with van der Waals surface area (Å²) in [5, 5.41) is 8.59.